The van der Waals surface area contributed by atoms with Gasteiger partial charge in [-0.2, -0.15) is 5.10 Å². The number of rotatable bonds is 9. The SMILES string of the molecule is CC1(C)OC[C@H](Cn2cc(-c3ccc(OC4CCN(C(=O)Cc5ccc(OC(F)(F)F)cc5)CC4)c(C(N)=O)c3)cn2)O1. The number of carbonyl (C=O) groups is 2. The standard InChI is InChI=1S/C30H33F3N4O6/c1-29(2)40-18-24(42-29)17-37-16-21(15-35-37)20-5-8-26(25(14-20)28(34)39)41-22-9-11-36(12-10-22)27(38)13-19-3-6-23(7-4-19)43-30(31,32)33/h3-8,14-16,22,24H,9-13,17-18H2,1-2H3,(H2,34,39)/t24-/m0/s1. The number of amides is 2. The average Bonchev–Trinajstić information content (AvgIpc) is 3.55. The molecule has 230 valence electrons. The normalized spacial score (nSPS) is 18.9. The zero-order valence-electron chi connectivity index (χ0n) is 23.8. The lowest BCUT2D eigenvalue weighted by Gasteiger charge is -2.32. The third-order valence-corrected chi connectivity index (χ3v) is 7.27. The second-order valence-corrected chi connectivity index (χ2v) is 11.0. The summed E-state index contributed by atoms with van der Waals surface area (Å²) in [5, 5.41) is 4.41. The number of nitrogens with two attached hydrogens (primary N) is 1. The number of benzene rings is 2. The van der Waals surface area contributed by atoms with Gasteiger partial charge >= 0.3 is 6.36 Å². The zero-order valence-corrected chi connectivity index (χ0v) is 23.8. The van der Waals surface area contributed by atoms with E-state index >= 15 is 0 Å². The number of ether oxygens (including phenoxy) is 4. The van der Waals surface area contributed by atoms with Crippen LogP contribution in [0.2, 0.25) is 0 Å². The summed E-state index contributed by atoms with van der Waals surface area (Å²) in [5.74, 6) is -1.35. The Morgan fingerprint density at radius 2 is 1.81 bits per heavy atom. The Balaban J connectivity index is 1.15. The van der Waals surface area contributed by atoms with E-state index in [-0.39, 0.29) is 35.8 Å². The maximum atomic E-state index is 12.8. The van der Waals surface area contributed by atoms with E-state index in [1.807, 2.05) is 26.1 Å². The molecule has 3 aromatic rings. The van der Waals surface area contributed by atoms with Crippen LogP contribution in [-0.2, 0) is 27.2 Å². The van der Waals surface area contributed by atoms with Crippen molar-refractivity contribution >= 4 is 11.8 Å². The largest absolute Gasteiger partial charge is 0.573 e. The molecule has 2 aliphatic heterocycles. The summed E-state index contributed by atoms with van der Waals surface area (Å²) in [6, 6.07) is 10.5. The molecule has 2 fully saturated rings. The average molecular weight is 603 g/mol. The second kappa shape index (κ2) is 12.3. The predicted octanol–water partition coefficient (Wildman–Crippen LogP) is 4.31. The fourth-order valence-electron chi connectivity index (χ4n) is 5.18. The van der Waals surface area contributed by atoms with Crippen LogP contribution in [0.4, 0.5) is 13.2 Å². The van der Waals surface area contributed by atoms with Crippen molar-refractivity contribution in [2.45, 2.75) is 64.0 Å². The molecule has 0 aliphatic carbocycles. The second-order valence-electron chi connectivity index (χ2n) is 11.0. The number of carbonyl (C=O) groups excluding carboxylic acids is 2. The molecule has 0 spiro atoms. The van der Waals surface area contributed by atoms with Gasteiger partial charge in [0.1, 0.15) is 23.7 Å². The Morgan fingerprint density at radius 3 is 2.44 bits per heavy atom. The molecule has 1 atom stereocenters. The lowest BCUT2D eigenvalue weighted by atomic mass is 10.0. The first kappa shape index (κ1) is 30.4. The van der Waals surface area contributed by atoms with Gasteiger partial charge < -0.3 is 29.6 Å². The summed E-state index contributed by atoms with van der Waals surface area (Å²) in [4.78, 5) is 26.8. The van der Waals surface area contributed by atoms with Crippen LogP contribution in [-0.4, -0.2) is 70.5 Å². The Labute approximate surface area is 246 Å². The van der Waals surface area contributed by atoms with Gasteiger partial charge in [0.25, 0.3) is 5.91 Å². The lowest BCUT2D eigenvalue weighted by Crippen LogP contribution is -2.42. The van der Waals surface area contributed by atoms with Gasteiger partial charge in [-0.3, -0.25) is 14.3 Å². The topological polar surface area (TPSA) is 118 Å². The zero-order chi connectivity index (χ0) is 30.8. The summed E-state index contributed by atoms with van der Waals surface area (Å²) < 4.78 is 60.3. The van der Waals surface area contributed by atoms with Crippen LogP contribution >= 0.6 is 0 Å². The molecule has 43 heavy (non-hydrogen) atoms. The van der Waals surface area contributed by atoms with Gasteiger partial charge in [0.15, 0.2) is 5.79 Å². The van der Waals surface area contributed by atoms with Crippen molar-refractivity contribution in [3.63, 3.8) is 0 Å². The van der Waals surface area contributed by atoms with E-state index < -0.39 is 18.1 Å². The highest BCUT2D eigenvalue weighted by molar-refractivity contribution is 5.97. The molecule has 2 saturated heterocycles. The number of alkyl halides is 3. The molecule has 13 heteroatoms. The molecule has 10 nitrogen and oxygen atoms in total. The van der Waals surface area contributed by atoms with Gasteiger partial charge in [0.05, 0.1) is 31.3 Å². The first-order chi connectivity index (χ1) is 20.3. The van der Waals surface area contributed by atoms with Gasteiger partial charge in [-0.25, -0.2) is 0 Å². The monoisotopic (exact) mass is 602 g/mol. The van der Waals surface area contributed by atoms with Crippen molar-refractivity contribution in [2.24, 2.45) is 5.73 Å². The molecule has 0 radical (unpaired) electrons. The summed E-state index contributed by atoms with van der Waals surface area (Å²) in [6.07, 6.45) is -0.400. The van der Waals surface area contributed by atoms with Crippen LogP contribution in [0.3, 0.4) is 0 Å². The van der Waals surface area contributed by atoms with E-state index in [4.69, 9.17) is 19.9 Å². The molecule has 1 aromatic heterocycles. The number of piperidine rings is 1. The van der Waals surface area contributed by atoms with Crippen LogP contribution in [0.25, 0.3) is 11.1 Å². The molecule has 5 rings (SSSR count). The van der Waals surface area contributed by atoms with Gasteiger partial charge in [0.2, 0.25) is 5.91 Å². The minimum absolute atomic E-state index is 0.0567. The first-order valence-corrected chi connectivity index (χ1v) is 13.9. The van der Waals surface area contributed by atoms with Crippen molar-refractivity contribution < 1.29 is 41.7 Å². The maximum absolute atomic E-state index is 12.8. The highest BCUT2D eigenvalue weighted by Crippen LogP contribution is 2.30. The Morgan fingerprint density at radius 1 is 1.09 bits per heavy atom. The first-order valence-electron chi connectivity index (χ1n) is 13.9. The smallest absolute Gasteiger partial charge is 0.489 e. The van der Waals surface area contributed by atoms with Crippen molar-refractivity contribution in [1.29, 1.82) is 0 Å². The summed E-state index contributed by atoms with van der Waals surface area (Å²) >= 11 is 0. The third-order valence-electron chi connectivity index (χ3n) is 7.27. The van der Waals surface area contributed by atoms with Crippen molar-refractivity contribution in [3.8, 4) is 22.6 Å². The van der Waals surface area contributed by atoms with E-state index in [1.165, 1.54) is 24.3 Å². The van der Waals surface area contributed by atoms with Gasteiger partial charge in [-0.05, 0) is 49.2 Å². The van der Waals surface area contributed by atoms with Crippen molar-refractivity contribution in [3.05, 3.63) is 66.0 Å². The molecule has 2 aliphatic rings. The molecule has 2 N–H and O–H groups in total. The van der Waals surface area contributed by atoms with E-state index in [9.17, 15) is 22.8 Å². The Bertz CT molecular complexity index is 1450. The van der Waals surface area contributed by atoms with Crippen LogP contribution in [0.15, 0.2) is 54.9 Å². The highest BCUT2D eigenvalue weighted by Gasteiger charge is 2.33. The minimum Gasteiger partial charge on any atom is -0.489 e. The number of nitrogens with zero attached hydrogens (tertiary/aromatic N) is 3. The van der Waals surface area contributed by atoms with E-state index in [0.717, 1.165) is 11.1 Å². The van der Waals surface area contributed by atoms with Crippen LogP contribution in [0, 0.1) is 0 Å². The molecule has 0 saturated carbocycles. The van der Waals surface area contributed by atoms with Crippen LogP contribution in [0.5, 0.6) is 11.5 Å². The molecular weight excluding hydrogens is 569 g/mol. The number of likely N-dealkylation sites (tertiary alicyclic amines) is 1. The maximum Gasteiger partial charge on any atom is 0.573 e. The molecule has 0 bridgehead atoms. The van der Waals surface area contributed by atoms with Gasteiger partial charge in [-0.15, -0.1) is 13.2 Å². The molecule has 0 unspecified atom stereocenters. The quantitative estimate of drug-likeness (QED) is 0.388. The lowest BCUT2D eigenvalue weighted by molar-refractivity contribution is -0.274. The number of hydrogen-bond acceptors (Lipinski definition) is 7. The summed E-state index contributed by atoms with van der Waals surface area (Å²) in [7, 11) is 0. The van der Waals surface area contributed by atoms with E-state index in [0.29, 0.717) is 50.4 Å². The number of hydrogen-bond donors (Lipinski definition) is 1. The van der Waals surface area contributed by atoms with Gasteiger partial charge in [-0.1, -0.05) is 18.2 Å². The molecule has 2 amide bonds. The Kier molecular flexibility index (Phi) is 8.65. The Hall–Kier alpha value is -4.10. The number of primary amides is 1. The summed E-state index contributed by atoms with van der Waals surface area (Å²) in [5.41, 5.74) is 8.09. The van der Waals surface area contributed by atoms with E-state index in [1.54, 1.807) is 27.9 Å². The van der Waals surface area contributed by atoms with Crippen molar-refractivity contribution in [1.82, 2.24) is 14.7 Å². The fraction of sp³-hybridized carbons (Fsp3) is 0.433. The van der Waals surface area contributed by atoms with Gasteiger partial charge in [0, 0.05) is 37.7 Å². The fourth-order valence-corrected chi connectivity index (χ4v) is 5.18. The molecule has 2 aromatic carbocycles. The molecular formula is C30H33F3N4O6. The van der Waals surface area contributed by atoms with Crippen LogP contribution < -0.4 is 15.2 Å². The third kappa shape index (κ3) is 8.05. The minimum atomic E-state index is -4.77. The number of aromatic nitrogens is 2. The molecule has 3 heterocycles. The predicted molar refractivity (Wildman–Crippen MR) is 148 cm³/mol. The van der Waals surface area contributed by atoms with Crippen LogP contribution in [0.1, 0.15) is 42.6 Å². The summed E-state index contributed by atoms with van der Waals surface area (Å²) in [6.45, 7) is 5.62. The van der Waals surface area contributed by atoms with E-state index in [2.05, 4.69) is 9.84 Å². The number of halogens is 3. The van der Waals surface area contributed by atoms with Crippen molar-refractivity contribution in [2.75, 3.05) is 19.7 Å². The highest BCUT2D eigenvalue weighted by atomic mass is 19.4.